The molecule has 0 aliphatic heterocycles. The van der Waals surface area contributed by atoms with Crippen molar-refractivity contribution in [3.8, 4) is 0 Å². The molecule has 0 fully saturated rings. The summed E-state index contributed by atoms with van der Waals surface area (Å²) < 4.78 is 6.27. The molecule has 0 aliphatic carbocycles. The Morgan fingerprint density at radius 2 is 1.71 bits per heavy atom. The fraction of sp³-hybridized carbons (Fsp3) is 0.588. The van der Waals surface area contributed by atoms with E-state index in [9.17, 15) is 4.79 Å². The molecule has 0 radical (unpaired) electrons. The van der Waals surface area contributed by atoms with E-state index in [0.717, 1.165) is 37.1 Å². The summed E-state index contributed by atoms with van der Waals surface area (Å²) in [5, 5.41) is 2.80. The van der Waals surface area contributed by atoms with E-state index < -0.39 is 0 Å². The summed E-state index contributed by atoms with van der Waals surface area (Å²) in [5.74, 6) is 0. The number of likely N-dealkylation sites (N-methyl/N-ethyl adjacent to an activating group) is 1. The number of hydrogen-bond acceptors (Lipinski definition) is 2. The number of benzene rings is 1. The first-order valence-electron chi connectivity index (χ1n) is 7.95. The highest BCUT2D eigenvalue weighted by Gasteiger charge is 2.20. The number of ether oxygens (including phenoxy) is 1. The van der Waals surface area contributed by atoms with Crippen LogP contribution in [-0.4, -0.2) is 49.9 Å². The van der Waals surface area contributed by atoms with Gasteiger partial charge in [-0.05, 0) is 32.8 Å². The van der Waals surface area contributed by atoms with Crippen molar-refractivity contribution in [2.45, 2.75) is 27.2 Å². The lowest BCUT2D eigenvalue weighted by molar-refractivity contribution is -0.923. The molecule has 0 spiro atoms. The molecule has 4 heteroatoms. The van der Waals surface area contributed by atoms with Crippen molar-refractivity contribution in [2.75, 3.05) is 39.3 Å². The van der Waals surface area contributed by atoms with Crippen LogP contribution in [0.4, 0.5) is 4.79 Å². The van der Waals surface area contributed by atoms with Gasteiger partial charge in [0.05, 0.1) is 19.6 Å². The van der Waals surface area contributed by atoms with Crippen molar-refractivity contribution < 1.29 is 14.0 Å². The van der Waals surface area contributed by atoms with Crippen LogP contribution >= 0.6 is 0 Å². The molecule has 4 nitrogen and oxygen atoms in total. The van der Waals surface area contributed by atoms with Crippen molar-refractivity contribution in [3.63, 3.8) is 0 Å². The van der Waals surface area contributed by atoms with Crippen LogP contribution in [0.25, 0.3) is 0 Å². The van der Waals surface area contributed by atoms with E-state index in [-0.39, 0.29) is 6.09 Å². The van der Waals surface area contributed by atoms with Gasteiger partial charge in [0.2, 0.25) is 0 Å². The maximum atomic E-state index is 11.6. The zero-order valence-electron chi connectivity index (χ0n) is 13.6. The second kappa shape index (κ2) is 9.40. The van der Waals surface area contributed by atoms with Crippen LogP contribution < -0.4 is 5.32 Å². The third kappa shape index (κ3) is 6.17. The molecule has 1 aromatic carbocycles. The molecule has 0 aliphatic rings. The van der Waals surface area contributed by atoms with Crippen molar-refractivity contribution >= 4 is 6.09 Å². The molecule has 0 saturated heterocycles. The zero-order valence-corrected chi connectivity index (χ0v) is 13.6. The second-order valence-corrected chi connectivity index (χ2v) is 5.31. The van der Waals surface area contributed by atoms with Crippen molar-refractivity contribution in [1.29, 1.82) is 0 Å². The van der Waals surface area contributed by atoms with E-state index in [2.05, 4.69) is 38.2 Å². The molecular formula is C17H29N2O2+. The average molecular weight is 293 g/mol. The minimum Gasteiger partial charge on any atom is -0.444 e. The number of quaternary nitrogens is 1. The molecule has 1 amide bonds. The molecule has 118 valence electrons. The summed E-state index contributed by atoms with van der Waals surface area (Å²) in [5.41, 5.74) is 1.22. The molecule has 0 bridgehead atoms. The van der Waals surface area contributed by atoms with Crippen LogP contribution in [0.2, 0.25) is 0 Å². The normalized spacial score (nSPS) is 11.2. The third-order valence-corrected chi connectivity index (χ3v) is 4.34. The number of amides is 1. The average Bonchev–Trinajstić information content (AvgIpc) is 2.53. The van der Waals surface area contributed by atoms with Gasteiger partial charge in [-0.3, -0.25) is 0 Å². The highest BCUT2D eigenvalue weighted by Crippen LogP contribution is 2.05. The Morgan fingerprint density at radius 3 is 2.29 bits per heavy atom. The van der Waals surface area contributed by atoms with Gasteiger partial charge >= 0.3 is 6.09 Å². The predicted octanol–water partition coefficient (Wildman–Crippen LogP) is 2.83. The molecular weight excluding hydrogens is 264 g/mol. The van der Waals surface area contributed by atoms with Gasteiger partial charge in [-0.25, -0.2) is 4.79 Å². The minimum absolute atomic E-state index is 0.313. The van der Waals surface area contributed by atoms with Gasteiger partial charge < -0.3 is 14.5 Å². The number of hydrogen-bond donors (Lipinski definition) is 1. The number of carbonyl (C=O) groups is 1. The monoisotopic (exact) mass is 293 g/mol. The van der Waals surface area contributed by atoms with Crippen molar-refractivity contribution in [2.24, 2.45) is 0 Å². The lowest BCUT2D eigenvalue weighted by Gasteiger charge is -2.35. The van der Waals surface area contributed by atoms with Gasteiger partial charge in [-0.2, -0.15) is 0 Å². The first-order chi connectivity index (χ1) is 10.2. The summed E-state index contributed by atoms with van der Waals surface area (Å²) >= 11 is 0. The third-order valence-electron chi connectivity index (χ3n) is 4.34. The Labute approximate surface area is 128 Å². The van der Waals surface area contributed by atoms with E-state index in [1.165, 1.54) is 5.56 Å². The molecule has 21 heavy (non-hydrogen) atoms. The predicted molar refractivity (Wildman–Crippen MR) is 86.2 cm³/mol. The summed E-state index contributed by atoms with van der Waals surface area (Å²) in [4.78, 5) is 11.6. The smallest absolute Gasteiger partial charge is 0.407 e. The Hall–Kier alpha value is -1.55. The summed E-state index contributed by atoms with van der Waals surface area (Å²) in [6.45, 7) is 11.8. The van der Waals surface area contributed by atoms with Gasteiger partial charge in [-0.15, -0.1) is 0 Å². The maximum Gasteiger partial charge on any atom is 0.407 e. The Kier molecular flexibility index (Phi) is 7.83. The molecule has 0 heterocycles. The van der Waals surface area contributed by atoms with E-state index in [4.69, 9.17) is 4.74 Å². The molecule has 1 aromatic rings. The van der Waals surface area contributed by atoms with Gasteiger partial charge in [0.1, 0.15) is 13.2 Å². The first-order valence-corrected chi connectivity index (χ1v) is 7.95. The molecule has 1 rings (SSSR count). The van der Waals surface area contributed by atoms with Gasteiger partial charge in [0.25, 0.3) is 0 Å². The largest absolute Gasteiger partial charge is 0.444 e. The zero-order chi connectivity index (χ0) is 15.6. The number of alkyl carbamates (subject to hydrolysis) is 1. The van der Waals surface area contributed by atoms with E-state index in [1.807, 2.05) is 18.2 Å². The van der Waals surface area contributed by atoms with Crippen LogP contribution in [0.15, 0.2) is 30.3 Å². The van der Waals surface area contributed by atoms with Gasteiger partial charge in [0, 0.05) is 6.54 Å². The topological polar surface area (TPSA) is 38.3 Å². The summed E-state index contributed by atoms with van der Waals surface area (Å²) in [6.07, 6.45) is 0.516. The van der Waals surface area contributed by atoms with Crippen molar-refractivity contribution in [3.05, 3.63) is 35.9 Å². The number of nitrogens with one attached hydrogen (secondary N) is 1. The molecule has 0 saturated carbocycles. The highest BCUT2D eigenvalue weighted by atomic mass is 16.5. The quantitative estimate of drug-likeness (QED) is 0.711. The standard InChI is InChI=1S/C17H28N2O2/c1-4-19(5-2,6-3)14-15-21-17(20)18-13-12-16-10-8-7-9-11-16/h7-11H,4-6,12-15H2,1-3H3/p+1. The fourth-order valence-corrected chi connectivity index (χ4v) is 2.48. The molecule has 0 unspecified atom stereocenters. The van der Waals surface area contributed by atoms with Crippen LogP contribution in [-0.2, 0) is 11.2 Å². The fourth-order valence-electron chi connectivity index (χ4n) is 2.48. The van der Waals surface area contributed by atoms with E-state index in [0.29, 0.717) is 13.2 Å². The Balaban J connectivity index is 2.19. The lowest BCUT2D eigenvalue weighted by Crippen LogP contribution is -2.50. The van der Waals surface area contributed by atoms with Crippen LogP contribution in [0.5, 0.6) is 0 Å². The SMILES string of the molecule is CC[N+](CC)(CC)CCOC(=O)NCCc1ccccc1. The molecule has 1 N–H and O–H groups in total. The minimum atomic E-state index is -0.313. The maximum absolute atomic E-state index is 11.6. The lowest BCUT2D eigenvalue weighted by atomic mass is 10.1. The molecule has 0 aromatic heterocycles. The number of nitrogens with zero attached hydrogens (tertiary/aromatic N) is 1. The van der Waals surface area contributed by atoms with Crippen LogP contribution in [0.1, 0.15) is 26.3 Å². The second-order valence-electron chi connectivity index (χ2n) is 5.31. The molecule has 0 atom stereocenters. The van der Waals surface area contributed by atoms with Crippen LogP contribution in [0.3, 0.4) is 0 Å². The van der Waals surface area contributed by atoms with E-state index in [1.54, 1.807) is 0 Å². The van der Waals surface area contributed by atoms with Crippen LogP contribution in [0, 0.1) is 0 Å². The first kappa shape index (κ1) is 17.5. The Morgan fingerprint density at radius 1 is 1.10 bits per heavy atom. The highest BCUT2D eigenvalue weighted by molar-refractivity contribution is 5.67. The number of rotatable bonds is 9. The van der Waals surface area contributed by atoms with Gasteiger partial charge in [-0.1, -0.05) is 30.3 Å². The summed E-state index contributed by atoms with van der Waals surface area (Å²) in [7, 11) is 0. The van der Waals surface area contributed by atoms with Gasteiger partial charge in [0.15, 0.2) is 0 Å². The summed E-state index contributed by atoms with van der Waals surface area (Å²) in [6, 6.07) is 10.1. The number of carbonyl (C=O) groups excluding carboxylic acids is 1. The van der Waals surface area contributed by atoms with E-state index >= 15 is 0 Å². The van der Waals surface area contributed by atoms with Crippen molar-refractivity contribution in [1.82, 2.24) is 5.32 Å². The Bertz CT molecular complexity index is 394.